The van der Waals surface area contributed by atoms with E-state index in [1.807, 2.05) is 32.0 Å². The molecule has 0 bridgehead atoms. The van der Waals surface area contributed by atoms with Gasteiger partial charge in [0.25, 0.3) is 0 Å². The number of hydrogen-bond acceptors (Lipinski definition) is 2. The van der Waals surface area contributed by atoms with E-state index in [0.717, 1.165) is 29.7 Å². The van der Waals surface area contributed by atoms with Crippen LogP contribution in [-0.4, -0.2) is 12.4 Å². The van der Waals surface area contributed by atoms with Gasteiger partial charge in [-0.2, -0.15) is 0 Å². The molecule has 0 aromatic heterocycles. The van der Waals surface area contributed by atoms with Gasteiger partial charge in [0, 0.05) is 12.0 Å². The van der Waals surface area contributed by atoms with Crippen LogP contribution in [0.1, 0.15) is 49.0 Å². The Bertz CT molecular complexity index is 356. The number of hydrogen-bond donors (Lipinski definition) is 0. The van der Waals surface area contributed by atoms with Crippen molar-refractivity contribution in [2.75, 3.05) is 6.61 Å². The SMILES string of the molecule is CCCCC(=O)c1ccc(OCC)cc1C. The fourth-order valence-electron chi connectivity index (χ4n) is 1.68. The summed E-state index contributed by atoms with van der Waals surface area (Å²) in [7, 11) is 0. The smallest absolute Gasteiger partial charge is 0.163 e. The Kier molecular flexibility index (Phi) is 5.03. The molecule has 0 N–H and O–H groups in total. The summed E-state index contributed by atoms with van der Waals surface area (Å²) < 4.78 is 5.39. The molecule has 0 atom stereocenters. The molecule has 88 valence electrons. The summed E-state index contributed by atoms with van der Waals surface area (Å²) in [6, 6.07) is 5.68. The van der Waals surface area contributed by atoms with Crippen molar-refractivity contribution in [1.82, 2.24) is 0 Å². The van der Waals surface area contributed by atoms with Crippen molar-refractivity contribution in [1.29, 1.82) is 0 Å². The lowest BCUT2D eigenvalue weighted by molar-refractivity contribution is 0.0979. The van der Waals surface area contributed by atoms with Crippen molar-refractivity contribution in [2.45, 2.75) is 40.0 Å². The first-order chi connectivity index (χ1) is 7.69. The molecule has 0 heterocycles. The molecule has 1 rings (SSSR count). The van der Waals surface area contributed by atoms with Crippen LogP contribution in [0, 0.1) is 6.92 Å². The number of ether oxygens (including phenoxy) is 1. The third kappa shape index (κ3) is 3.37. The van der Waals surface area contributed by atoms with E-state index in [4.69, 9.17) is 4.74 Å². The summed E-state index contributed by atoms with van der Waals surface area (Å²) in [5.74, 6) is 1.08. The van der Waals surface area contributed by atoms with E-state index in [0.29, 0.717) is 13.0 Å². The van der Waals surface area contributed by atoms with Crippen molar-refractivity contribution in [2.24, 2.45) is 0 Å². The number of carbonyl (C=O) groups excluding carboxylic acids is 1. The van der Waals surface area contributed by atoms with Crippen LogP contribution in [0.2, 0.25) is 0 Å². The van der Waals surface area contributed by atoms with Crippen LogP contribution < -0.4 is 4.74 Å². The van der Waals surface area contributed by atoms with Gasteiger partial charge in [0.1, 0.15) is 5.75 Å². The maximum absolute atomic E-state index is 11.9. The summed E-state index contributed by atoms with van der Waals surface area (Å²) >= 11 is 0. The molecular formula is C14H20O2. The first-order valence-electron chi connectivity index (χ1n) is 5.95. The molecule has 0 unspecified atom stereocenters. The number of rotatable bonds is 6. The summed E-state index contributed by atoms with van der Waals surface area (Å²) in [5.41, 5.74) is 1.84. The fourth-order valence-corrected chi connectivity index (χ4v) is 1.68. The maximum Gasteiger partial charge on any atom is 0.163 e. The van der Waals surface area contributed by atoms with Gasteiger partial charge in [0.15, 0.2) is 5.78 Å². The Labute approximate surface area is 97.6 Å². The van der Waals surface area contributed by atoms with Gasteiger partial charge in [-0.1, -0.05) is 13.3 Å². The van der Waals surface area contributed by atoms with E-state index in [1.165, 1.54) is 0 Å². The minimum absolute atomic E-state index is 0.238. The van der Waals surface area contributed by atoms with Crippen LogP contribution in [-0.2, 0) is 0 Å². The molecule has 1 aromatic rings. The van der Waals surface area contributed by atoms with Crippen LogP contribution in [0.25, 0.3) is 0 Å². The van der Waals surface area contributed by atoms with E-state index in [-0.39, 0.29) is 5.78 Å². The number of benzene rings is 1. The summed E-state index contributed by atoms with van der Waals surface area (Å²) in [6.45, 7) is 6.66. The van der Waals surface area contributed by atoms with Gasteiger partial charge < -0.3 is 4.74 Å². The second kappa shape index (κ2) is 6.31. The van der Waals surface area contributed by atoms with E-state index < -0.39 is 0 Å². The van der Waals surface area contributed by atoms with Gasteiger partial charge >= 0.3 is 0 Å². The van der Waals surface area contributed by atoms with Gasteiger partial charge in [0.05, 0.1) is 6.61 Å². The Morgan fingerprint density at radius 3 is 2.62 bits per heavy atom. The van der Waals surface area contributed by atoms with E-state index >= 15 is 0 Å². The molecule has 2 nitrogen and oxygen atoms in total. The molecule has 2 heteroatoms. The quantitative estimate of drug-likeness (QED) is 0.682. The number of aryl methyl sites for hydroxylation is 1. The Hall–Kier alpha value is -1.31. The summed E-state index contributed by atoms with van der Waals surface area (Å²) in [6.07, 6.45) is 2.67. The van der Waals surface area contributed by atoms with Crippen LogP contribution in [0.15, 0.2) is 18.2 Å². The topological polar surface area (TPSA) is 26.3 Å². The van der Waals surface area contributed by atoms with Crippen LogP contribution >= 0.6 is 0 Å². The van der Waals surface area contributed by atoms with Gasteiger partial charge in [-0.05, 0) is 44.0 Å². The zero-order valence-corrected chi connectivity index (χ0v) is 10.4. The van der Waals surface area contributed by atoms with E-state index in [1.54, 1.807) is 0 Å². The number of unbranched alkanes of at least 4 members (excludes halogenated alkanes) is 1. The lowest BCUT2D eigenvalue weighted by Gasteiger charge is -2.08. The molecular weight excluding hydrogens is 200 g/mol. The molecule has 0 spiro atoms. The third-order valence-corrected chi connectivity index (χ3v) is 2.57. The van der Waals surface area contributed by atoms with Crippen molar-refractivity contribution in [3.05, 3.63) is 29.3 Å². The molecule has 0 fully saturated rings. The number of ketones is 1. The molecule has 0 saturated carbocycles. The lowest BCUT2D eigenvalue weighted by Crippen LogP contribution is -2.02. The Morgan fingerprint density at radius 1 is 1.31 bits per heavy atom. The zero-order valence-electron chi connectivity index (χ0n) is 10.4. The highest BCUT2D eigenvalue weighted by Gasteiger charge is 2.09. The van der Waals surface area contributed by atoms with Gasteiger partial charge in [-0.3, -0.25) is 4.79 Å². The average molecular weight is 220 g/mol. The number of carbonyl (C=O) groups is 1. The maximum atomic E-state index is 11.9. The predicted octanol–water partition coefficient (Wildman–Crippen LogP) is 3.77. The lowest BCUT2D eigenvalue weighted by atomic mass is 10.0. The van der Waals surface area contributed by atoms with Gasteiger partial charge in [-0.15, -0.1) is 0 Å². The van der Waals surface area contributed by atoms with E-state index in [9.17, 15) is 4.79 Å². The number of Topliss-reactive ketones (excluding diaryl/α,β-unsaturated/α-hetero) is 1. The largest absolute Gasteiger partial charge is 0.494 e. The van der Waals surface area contributed by atoms with Crippen LogP contribution in [0.4, 0.5) is 0 Å². The summed E-state index contributed by atoms with van der Waals surface area (Å²) in [5, 5.41) is 0. The molecule has 0 aliphatic carbocycles. The normalized spacial score (nSPS) is 10.2. The highest BCUT2D eigenvalue weighted by Crippen LogP contribution is 2.19. The second-order valence-corrected chi connectivity index (χ2v) is 3.94. The molecule has 0 saturated heterocycles. The van der Waals surface area contributed by atoms with Crippen molar-refractivity contribution in [3.63, 3.8) is 0 Å². The zero-order chi connectivity index (χ0) is 12.0. The molecule has 0 aliphatic heterocycles. The van der Waals surface area contributed by atoms with Crippen LogP contribution in [0.3, 0.4) is 0 Å². The second-order valence-electron chi connectivity index (χ2n) is 3.94. The molecule has 0 radical (unpaired) electrons. The predicted molar refractivity (Wildman–Crippen MR) is 66.2 cm³/mol. The first-order valence-corrected chi connectivity index (χ1v) is 5.95. The van der Waals surface area contributed by atoms with Crippen molar-refractivity contribution in [3.8, 4) is 5.75 Å². The first kappa shape index (κ1) is 12.8. The van der Waals surface area contributed by atoms with Crippen molar-refractivity contribution >= 4 is 5.78 Å². The molecule has 1 aromatic carbocycles. The molecule has 16 heavy (non-hydrogen) atoms. The Balaban J connectivity index is 2.77. The molecule has 0 aliphatic rings. The Morgan fingerprint density at radius 2 is 2.06 bits per heavy atom. The van der Waals surface area contributed by atoms with E-state index in [2.05, 4.69) is 6.92 Å². The van der Waals surface area contributed by atoms with Gasteiger partial charge in [0.2, 0.25) is 0 Å². The van der Waals surface area contributed by atoms with Crippen molar-refractivity contribution < 1.29 is 9.53 Å². The monoisotopic (exact) mass is 220 g/mol. The highest BCUT2D eigenvalue weighted by atomic mass is 16.5. The standard InChI is InChI=1S/C14H20O2/c1-4-6-7-14(15)13-9-8-12(16-5-2)10-11(13)3/h8-10H,4-7H2,1-3H3. The summed E-state index contributed by atoms with van der Waals surface area (Å²) in [4.78, 5) is 11.9. The van der Waals surface area contributed by atoms with Gasteiger partial charge in [-0.25, -0.2) is 0 Å². The minimum atomic E-state index is 0.238. The third-order valence-electron chi connectivity index (χ3n) is 2.57. The average Bonchev–Trinajstić information content (AvgIpc) is 2.26. The molecule has 0 amide bonds. The minimum Gasteiger partial charge on any atom is -0.494 e. The van der Waals surface area contributed by atoms with Crippen LogP contribution in [0.5, 0.6) is 5.75 Å². The highest BCUT2D eigenvalue weighted by molar-refractivity contribution is 5.97. The fraction of sp³-hybridized carbons (Fsp3) is 0.500.